The fourth-order valence-electron chi connectivity index (χ4n) is 7.80. The Morgan fingerprint density at radius 2 is 1.79 bits per heavy atom. The van der Waals surface area contributed by atoms with Crippen molar-refractivity contribution in [1.29, 1.82) is 0 Å². The van der Waals surface area contributed by atoms with Crippen LogP contribution < -0.4 is 0 Å². The Hall–Kier alpha value is -1.39. The maximum Gasteiger partial charge on any atom is 0.309 e. The van der Waals surface area contributed by atoms with Crippen LogP contribution in [-0.2, 0) is 23.9 Å². The van der Waals surface area contributed by atoms with E-state index in [0.717, 1.165) is 44.9 Å². The maximum absolute atomic E-state index is 13.4. The number of carbonyl (C=O) groups excluding carboxylic acids is 3. The van der Waals surface area contributed by atoms with Crippen LogP contribution in [0.15, 0.2) is 0 Å². The minimum Gasteiger partial charge on any atom is -0.469 e. The van der Waals surface area contributed by atoms with E-state index in [2.05, 4.69) is 6.92 Å². The van der Waals surface area contributed by atoms with Crippen LogP contribution in [-0.4, -0.2) is 30.9 Å². The lowest BCUT2D eigenvalue weighted by molar-refractivity contribution is -0.171. The summed E-state index contributed by atoms with van der Waals surface area (Å²) in [5.41, 5.74) is -0.410. The molecule has 0 aromatic rings. The van der Waals surface area contributed by atoms with Crippen molar-refractivity contribution < 1.29 is 23.9 Å². The summed E-state index contributed by atoms with van der Waals surface area (Å²) < 4.78 is 10.6. The van der Waals surface area contributed by atoms with Crippen molar-refractivity contribution in [2.24, 2.45) is 40.4 Å². The molecule has 4 fully saturated rings. The molecule has 0 radical (unpaired) electrons. The van der Waals surface area contributed by atoms with Gasteiger partial charge in [0.2, 0.25) is 0 Å². The summed E-state index contributed by atoms with van der Waals surface area (Å²) in [5, 5.41) is 0. The molecule has 0 aromatic carbocycles. The molecule has 8 atom stereocenters. The smallest absolute Gasteiger partial charge is 0.309 e. The first-order chi connectivity index (χ1) is 13.2. The quantitative estimate of drug-likeness (QED) is 0.668. The highest BCUT2D eigenvalue weighted by molar-refractivity contribution is 5.92. The van der Waals surface area contributed by atoms with E-state index in [1.807, 2.05) is 6.92 Å². The van der Waals surface area contributed by atoms with E-state index in [9.17, 15) is 14.4 Å². The van der Waals surface area contributed by atoms with Crippen molar-refractivity contribution in [1.82, 2.24) is 0 Å². The second-order valence-corrected chi connectivity index (χ2v) is 10.2. The molecular formula is C23H34O5. The minimum atomic E-state index is -0.549. The first kappa shape index (κ1) is 19.9. The van der Waals surface area contributed by atoms with Gasteiger partial charge in [-0.05, 0) is 74.0 Å². The highest BCUT2D eigenvalue weighted by atomic mass is 16.5. The summed E-state index contributed by atoms with van der Waals surface area (Å²) in [7, 11) is 1.43. The third-order valence-corrected chi connectivity index (χ3v) is 9.30. The number of ether oxygens (including phenoxy) is 2. The van der Waals surface area contributed by atoms with Crippen LogP contribution in [0.4, 0.5) is 0 Å². The molecule has 156 valence electrons. The molecule has 0 heterocycles. The monoisotopic (exact) mass is 390 g/mol. The van der Waals surface area contributed by atoms with Gasteiger partial charge >= 0.3 is 11.9 Å². The lowest BCUT2D eigenvalue weighted by atomic mass is 9.44. The van der Waals surface area contributed by atoms with Gasteiger partial charge in [0.1, 0.15) is 11.9 Å². The Labute approximate surface area is 167 Å². The third-order valence-electron chi connectivity index (χ3n) is 9.30. The number of ketones is 1. The Balaban J connectivity index is 1.58. The maximum atomic E-state index is 13.4. The minimum absolute atomic E-state index is 0.0341. The molecule has 0 aliphatic heterocycles. The van der Waals surface area contributed by atoms with Gasteiger partial charge in [0.25, 0.3) is 0 Å². The van der Waals surface area contributed by atoms with Crippen LogP contribution in [0.25, 0.3) is 0 Å². The number of rotatable bonds is 2. The SMILES string of the molecule is COC(=O)[C@@H]1CC[C@@H]2[C@@H]3CC[C@@H]4C[C@H](OC(C)=O)CC[C@]4(C)[C@H]3CC(=O)[C@]21C. The lowest BCUT2D eigenvalue weighted by Gasteiger charge is -2.60. The van der Waals surface area contributed by atoms with Gasteiger partial charge in [-0.2, -0.15) is 0 Å². The van der Waals surface area contributed by atoms with Crippen LogP contribution in [0.3, 0.4) is 0 Å². The molecular weight excluding hydrogens is 356 g/mol. The van der Waals surface area contributed by atoms with Crippen LogP contribution >= 0.6 is 0 Å². The molecule has 5 heteroatoms. The van der Waals surface area contributed by atoms with Gasteiger partial charge in [0, 0.05) is 18.8 Å². The Morgan fingerprint density at radius 3 is 2.46 bits per heavy atom. The largest absolute Gasteiger partial charge is 0.469 e. The number of fused-ring (bicyclic) bond motifs is 5. The molecule has 4 aliphatic rings. The van der Waals surface area contributed by atoms with Gasteiger partial charge in [-0.25, -0.2) is 0 Å². The number of hydrogen-bond acceptors (Lipinski definition) is 5. The fraction of sp³-hybridized carbons (Fsp3) is 0.870. The number of Topliss-reactive ketones (excluding diaryl/α,β-unsaturated/α-hetero) is 1. The molecule has 0 bridgehead atoms. The molecule has 4 aliphatic carbocycles. The van der Waals surface area contributed by atoms with Crippen LogP contribution in [0, 0.1) is 40.4 Å². The van der Waals surface area contributed by atoms with Crippen molar-refractivity contribution in [3.05, 3.63) is 0 Å². The number of esters is 2. The molecule has 5 nitrogen and oxygen atoms in total. The van der Waals surface area contributed by atoms with Gasteiger partial charge in [0.15, 0.2) is 0 Å². The molecule has 0 amide bonds. The zero-order valence-corrected chi connectivity index (χ0v) is 17.7. The van der Waals surface area contributed by atoms with Crippen LogP contribution in [0.5, 0.6) is 0 Å². The first-order valence-electron chi connectivity index (χ1n) is 11.0. The van der Waals surface area contributed by atoms with E-state index in [4.69, 9.17) is 9.47 Å². The molecule has 0 spiro atoms. The van der Waals surface area contributed by atoms with Gasteiger partial charge < -0.3 is 9.47 Å². The Bertz CT molecular complexity index is 686. The highest BCUT2D eigenvalue weighted by Gasteiger charge is 2.65. The van der Waals surface area contributed by atoms with Crippen molar-refractivity contribution >= 4 is 17.7 Å². The average Bonchev–Trinajstić information content (AvgIpc) is 3.01. The standard InChI is InChI=1S/C23H34O5/c1-13(24)28-15-9-10-22(2)14(11-15)5-6-16-17-7-8-18(21(26)27-4)23(17,3)20(25)12-19(16)22/h14-19H,5-12H2,1-4H3/t14-,15-,16+,17-,18+,19+,22+,23-/m1/s1. The highest BCUT2D eigenvalue weighted by Crippen LogP contribution is 2.66. The normalized spacial score (nSPS) is 47.5. The molecule has 0 aromatic heterocycles. The molecule has 4 saturated carbocycles. The molecule has 0 saturated heterocycles. The average molecular weight is 391 g/mol. The molecule has 0 unspecified atom stereocenters. The number of carbonyl (C=O) groups is 3. The predicted octanol–water partition coefficient (Wildman–Crippen LogP) is 3.93. The topological polar surface area (TPSA) is 69.7 Å². The van der Waals surface area contributed by atoms with Gasteiger partial charge in [0.05, 0.1) is 13.0 Å². The first-order valence-corrected chi connectivity index (χ1v) is 11.0. The second kappa shape index (κ2) is 6.84. The molecule has 0 N–H and O–H groups in total. The summed E-state index contributed by atoms with van der Waals surface area (Å²) in [6.07, 6.45) is 7.48. The summed E-state index contributed by atoms with van der Waals surface area (Å²) in [5.74, 6) is 1.32. The van der Waals surface area contributed by atoms with Crippen molar-refractivity contribution in [2.45, 2.75) is 78.2 Å². The zero-order valence-electron chi connectivity index (χ0n) is 17.7. The van der Waals surface area contributed by atoms with E-state index in [-0.39, 0.29) is 35.2 Å². The third kappa shape index (κ3) is 2.75. The predicted molar refractivity (Wildman–Crippen MR) is 103 cm³/mol. The number of methoxy groups -OCH3 is 1. The van der Waals surface area contributed by atoms with Gasteiger partial charge in [-0.15, -0.1) is 0 Å². The molecule has 28 heavy (non-hydrogen) atoms. The van der Waals surface area contributed by atoms with E-state index < -0.39 is 5.41 Å². The summed E-state index contributed by atoms with van der Waals surface area (Å²) in [6, 6.07) is 0. The number of hydrogen-bond donors (Lipinski definition) is 0. The zero-order chi connectivity index (χ0) is 20.3. The van der Waals surface area contributed by atoms with Crippen molar-refractivity contribution in [3.8, 4) is 0 Å². The van der Waals surface area contributed by atoms with E-state index in [0.29, 0.717) is 30.1 Å². The fourth-order valence-corrected chi connectivity index (χ4v) is 7.80. The summed E-state index contributed by atoms with van der Waals surface area (Å²) >= 11 is 0. The van der Waals surface area contributed by atoms with E-state index >= 15 is 0 Å². The van der Waals surface area contributed by atoms with Crippen molar-refractivity contribution in [2.75, 3.05) is 7.11 Å². The van der Waals surface area contributed by atoms with Crippen molar-refractivity contribution in [3.63, 3.8) is 0 Å². The van der Waals surface area contributed by atoms with E-state index in [1.165, 1.54) is 14.0 Å². The van der Waals surface area contributed by atoms with Crippen LogP contribution in [0.2, 0.25) is 0 Å². The lowest BCUT2D eigenvalue weighted by Crippen LogP contribution is -2.57. The Kier molecular flexibility index (Phi) is 4.86. The summed E-state index contributed by atoms with van der Waals surface area (Å²) in [4.78, 5) is 37.2. The summed E-state index contributed by atoms with van der Waals surface area (Å²) in [6.45, 7) is 5.90. The second-order valence-electron chi connectivity index (χ2n) is 10.2. The van der Waals surface area contributed by atoms with Gasteiger partial charge in [-0.3, -0.25) is 14.4 Å². The molecule has 4 rings (SSSR count). The van der Waals surface area contributed by atoms with Gasteiger partial charge in [-0.1, -0.05) is 13.8 Å². The van der Waals surface area contributed by atoms with Crippen LogP contribution in [0.1, 0.15) is 72.1 Å². The Morgan fingerprint density at radius 1 is 1.04 bits per heavy atom. The van der Waals surface area contributed by atoms with E-state index in [1.54, 1.807) is 0 Å².